The third-order valence-electron chi connectivity index (χ3n) is 6.96. The highest BCUT2D eigenvalue weighted by atomic mass is 16.3. The predicted molar refractivity (Wildman–Crippen MR) is 66.1 cm³/mol. The molecule has 1 heteroatoms. The number of rotatable bonds is 0. The van der Waals surface area contributed by atoms with Crippen molar-refractivity contribution in [3.8, 4) is 0 Å². The Morgan fingerprint density at radius 1 is 1.06 bits per heavy atom. The molecule has 0 heterocycles. The van der Waals surface area contributed by atoms with E-state index < -0.39 is 5.60 Å². The van der Waals surface area contributed by atoms with E-state index in [1.807, 2.05) is 0 Å². The van der Waals surface area contributed by atoms with Gasteiger partial charge in [0.2, 0.25) is 0 Å². The van der Waals surface area contributed by atoms with Crippen LogP contribution in [0.1, 0.15) is 59.8 Å². The highest BCUT2D eigenvalue weighted by Gasteiger charge is 2.71. The van der Waals surface area contributed by atoms with E-state index in [1.165, 1.54) is 25.7 Å². The summed E-state index contributed by atoms with van der Waals surface area (Å²) in [6.07, 6.45) is 6.24. The first kappa shape index (κ1) is 11.1. The molecule has 0 aromatic heterocycles. The van der Waals surface area contributed by atoms with E-state index in [4.69, 9.17) is 0 Å². The van der Waals surface area contributed by atoms with Crippen molar-refractivity contribution in [2.45, 2.75) is 65.4 Å². The van der Waals surface area contributed by atoms with E-state index in [9.17, 15) is 5.11 Å². The molecular weight excluding hydrogens is 196 g/mol. The van der Waals surface area contributed by atoms with Crippen molar-refractivity contribution in [2.75, 3.05) is 0 Å². The fourth-order valence-electron chi connectivity index (χ4n) is 6.05. The van der Waals surface area contributed by atoms with Gasteiger partial charge in [-0.25, -0.2) is 0 Å². The Balaban J connectivity index is 2.16. The highest BCUT2D eigenvalue weighted by molar-refractivity contribution is 5.20. The van der Waals surface area contributed by atoms with Crippen molar-refractivity contribution in [3.63, 3.8) is 0 Å². The Bertz CT molecular complexity index is 317. The van der Waals surface area contributed by atoms with Gasteiger partial charge < -0.3 is 5.11 Å². The van der Waals surface area contributed by atoms with Gasteiger partial charge in [-0.1, -0.05) is 20.8 Å². The molecule has 3 rings (SSSR count). The third-order valence-corrected chi connectivity index (χ3v) is 6.96. The van der Waals surface area contributed by atoms with Crippen LogP contribution in [0.3, 0.4) is 0 Å². The van der Waals surface area contributed by atoms with E-state index in [0.29, 0.717) is 5.41 Å². The molecule has 0 radical (unpaired) electrons. The van der Waals surface area contributed by atoms with E-state index in [0.717, 1.165) is 24.2 Å². The quantitative estimate of drug-likeness (QED) is 0.664. The van der Waals surface area contributed by atoms with Crippen molar-refractivity contribution in [1.29, 1.82) is 0 Å². The first-order valence-electron chi connectivity index (χ1n) is 7.05. The van der Waals surface area contributed by atoms with Crippen LogP contribution in [-0.2, 0) is 0 Å². The maximum Gasteiger partial charge on any atom is 0.0683 e. The molecule has 3 saturated carbocycles. The first-order valence-corrected chi connectivity index (χ1v) is 7.05. The van der Waals surface area contributed by atoms with Crippen molar-refractivity contribution >= 4 is 0 Å². The minimum atomic E-state index is -0.418. The molecule has 0 amide bonds. The molecule has 0 saturated heterocycles. The lowest BCUT2D eigenvalue weighted by Crippen LogP contribution is -2.57. The second-order valence-electron chi connectivity index (χ2n) is 7.56. The summed E-state index contributed by atoms with van der Waals surface area (Å²) in [6, 6.07) is 0. The molecule has 1 nitrogen and oxygen atoms in total. The van der Waals surface area contributed by atoms with Gasteiger partial charge in [0.25, 0.3) is 0 Å². The number of hydrogen-bond donors (Lipinski definition) is 1. The normalized spacial score (nSPS) is 58.7. The molecular formula is C15H26O. The van der Waals surface area contributed by atoms with Gasteiger partial charge in [0, 0.05) is 5.41 Å². The highest BCUT2D eigenvalue weighted by Crippen LogP contribution is 2.75. The van der Waals surface area contributed by atoms with Gasteiger partial charge in [0.15, 0.2) is 0 Å². The number of aliphatic hydroxyl groups is 1. The Labute approximate surface area is 99.6 Å². The SMILES string of the molecule is CC1CCC23C1CC(CCC2(C)O)C3(C)C. The summed E-state index contributed by atoms with van der Waals surface area (Å²) >= 11 is 0. The lowest BCUT2D eigenvalue weighted by molar-refractivity contribution is -0.170. The zero-order chi connectivity index (χ0) is 11.8. The fraction of sp³-hybridized carbons (Fsp3) is 1.00. The van der Waals surface area contributed by atoms with Gasteiger partial charge in [-0.3, -0.25) is 0 Å². The van der Waals surface area contributed by atoms with E-state index in [1.54, 1.807) is 0 Å². The fourth-order valence-corrected chi connectivity index (χ4v) is 6.05. The summed E-state index contributed by atoms with van der Waals surface area (Å²) in [7, 11) is 0. The van der Waals surface area contributed by atoms with Gasteiger partial charge >= 0.3 is 0 Å². The van der Waals surface area contributed by atoms with Crippen molar-refractivity contribution in [1.82, 2.24) is 0 Å². The van der Waals surface area contributed by atoms with Crippen LogP contribution in [0.2, 0.25) is 0 Å². The van der Waals surface area contributed by atoms with E-state index in [-0.39, 0.29) is 5.41 Å². The number of fused-ring (bicyclic) bond motifs is 1. The third kappa shape index (κ3) is 0.939. The van der Waals surface area contributed by atoms with Gasteiger partial charge in [-0.2, -0.15) is 0 Å². The molecule has 0 aliphatic heterocycles. The van der Waals surface area contributed by atoms with Gasteiger partial charge in [0.05, 0.1) is 5.60 Å². The summed E-state index contributed by atoms with van der Waals surface area (Å²) in [5.74, 6) is 2.47. The molecule has 1 N–H and O–H groups in total. The smallest absolute Gasteiger partial charge is 0.0683 e. The lowest BCUT2D eigenvalue weighted by Gasteiger charge is -2.57. The summed E-state index contributed by atoms with van der Waals surface area (Å²) in [6.45, 7) is 9.40. The standard InChI is InChI=1S/C15H26O/c1-10-5-8-15-12(10)9-11(13(15,2)3)6-7-14(15,4)16/h10-12,16H,5-9H2,1-4H3. The number of hydrogen-bond acceptors (Lipinski definition) is 1. The summed E-state index contributed by atoms with van der Waals surface area (Å²) in [5, 5.41) is 11.0. The van der Waals surface area contributed by atoms with Crippen molar-refractivity contribution in [3.05, 3.63) is 0 Å². The minimum absolute atomic E-state index is 0.225. The molecule has 3 fully saturated rings. The Kier molecular flexibility index (Phi) is 1.98. The zero-order valence-electron chi connectivity index (χ0n) is 11.2. The molecule has 2 bridgehead atoms. The monoisotopic (exact) mass is 222 g/mol. The zero-order valence-corrected chi connectivity index (χ0v) is 11.2. The van der Waals surface area contributed by atoms with Gasteiger partial charge in [-0.15, -0.1) is 0 Å². The van der Waals surface area contributed by atoms with Crippen molar-refractivity contribution < 1.29 is 5.11 Å². The molecule has 0 aromatic rings. The van der Waals surface area contributed by atoms with Crippen LogP contribution >= 0.6 is 0 Å². The molecule has 5 atom stereocenters. The van der Waals surface area contributed by atoms with Crippen LogP contribution in [0.5, 0.6) is 0 Å². The van der Waals surface area contributed by atoms with Crippen molar-refractivity contribution in [2.24, 2.45) is 28.6 Å². The maximum atomic E-state index is 11.0. The average Bonchev–Trinajstić information content (AvgIpc) is 2.56. The Morgan fingerprint density at radius 2 is 1.75 bits per heavy atom. The van der Waals surface area contributed by atoms with Gasteiger partial charge in [0.1, 0.15) is 0 Å². The van der Waals surface area contributed by atoms with Crippen LogP contribution in [0.15, 0.2) is 0 Å². The molecule has 3 aliphatic rings. The largest absolute Gasteiger partial charge is 0.390 e. The Hall–Kier alpha value is -0.0400. The topological polar surface area (TPSA) is 20.2 Å². The van der Waals surface area contributed by atoms with Crippen LogP contribution in [0.25, 0.3) is 0 Å². The molecule has 0 aromatic carbocycles. The summed E-state index contributed by atoms with van der Waals surface area (Å²) < 4.78 is 0. The summed E-state index contributed by atoms with van der Waals surface area (Å²) in [4.78, 5) is 0. The van der Waals surface area contributed by atoms with Gasteiger partial charge in [-0.05, 0) is 62.2 Å². The van der Waals surface area contributed by atoms with Crippen LogP contribution in [-0.4, -0.2) is 10.7 Å². The van der Waals surface area contributed by atoms with E-state index >= 15 is 0 Å². The predicted octanol–water partition coefficient (Wildman–Crippen LogP) is 3.61. The van der Waals surface area contributed by atoms with E-state index in [2.05, 4.69) is 27.7 Å². The Morgan fingerprint density at radius 3 is 2.44 bits per heavy atom. The maximum absolute atomic E-state index is 11.0. The lowest BCUT2D eigenvalue weighted by atomic mass is 9.50. The van der Waals surface area contributed by atoms with Crippen LogP contribution in [0.4, 0.5) is 0 Å². The van der Waals surface area contributed by atoms with Crippen LogP contribution < -0.4 is 0 Å². The first-order chi connectivity index (χ1) is 7.33. The second-order valence-corrected chi connectivity index (χ2v) is 7.56. The molecule has 1 spiro atoms. The molecule has 3 aliphatic carbocycles. The minimum Gasteiger partial charge on any atom is -0.390 e. The molecule has 5 unspecified atom stereocenters. The van der Waals surface area contributed by atoms with Crippen LogP contribution in [0, 0.1) is 28.6 Å². The average molecular weight is 222 g/mol. The molecule has 16 heavy (non-hydrogen) atoms. The second kappa shape index (κ2) is 2.85. The molecule has 92 valence electrons. The summed E-state index contributed by atoms with van der Waals surface area (Å²) in [5.41, 5.74) is 0.158.